The lowest BCUT2D eigenvalue weighted by atomic mass is 10.1. The van der Waals surface area contributed by atoms with Gasteiger partial charge in [0.05, 0.1) is 34.7 Å². The Morgan fingerprint density at radius 3 is 2.54 bits per heavy atom. The second-order valence-corrected chi connectivity index (χ2v) is 10.8. The average molecular weight is 624 g/mol. The van der Waals surface area contributed by atoms with Gasteiger partial charge in [-0.15, -0.1) is 0 Å². The zero-order valence-electron chi connectivity index (χ0n) is 25.7. The summed E-state index contributed by atoms with van der Waals surface area (Å²) in [5.74, 6) is -0.998. The number of para-hydroxylation sites is 3. The number of ether oxygens (including phenoxy) is 1. The minimum absolute atomic E-state index is 0.0186. The number of nitrogens with one attached hydrogen (secondary N) is 2. The number of carbonyl (C=O) groups is 4. The Kier molecular flexibility index (Phi) is 8.90. The Hall–Kier alpha value is -5.90. The number of nitrogens with zero attached hydrogens (tertiary/aromatic N) is 5. The largest absolute Gasteiger partial charge is 0.486 e. The minimum Gasteiger partial charge on any atom is -0.486 e. The van der Waals surface area contributed by atoms with Crippen LogP contribution in [0.25, 0.3) is 16.6 Å². The van der Waals surface area contributed by atoms with Gasteiger partial charge in [0.25, 0.3) is 11.8 Å². The van der Waals surface area contributed by atoms with Gasteiger partial charge in [-0.2, -0.15) is 10.4 Å². The van der Waals surface area contributed by atoms with Gasteiger partial charge in [0.1, 0.15) is 30.0 Å². The molecule has 0 unspecified atom stereocenters. The summed E-state index contributed by atoms with van der Waals surface area (Å²) in [4.78, 5) is 53.5. The van der Waals surface area contributed by atoms with Gasteiger partial charge in [0.2, 0.25) is 5.91 Å². The number of aromatic nitrogens is 2. The van der Waals surface area contributed by atoms with Gasteiger partial charge in [-0.25, -0.2) is 9.48 Å². The number of hydrogen-bond acceptors (Lipinski definition) is 7. The second kappa shape index (κ2) is 13.0. The first-order valence-electron chi connectivity index (χ1n) is 14.7. The highest BCUT2D eigenvalue weighted by atomic mass is 16.5. The maximum absolute atomic E-state index is 14.2. The molecule has 3 atom stereocenters. The Morgan fingerprint density at radius 2 is 1.83 bits per heavy atom. The number of fused-ring (bicyclic) bond motifs is 2. The summed E-state index contributed by atoms with van der Waals surface area (Å²) < 4.78 is 7.75. The molecular weight excluding hydrogens is 590 g/mol. The molecule has 1 aliphatic heterocycles. The van der Waals surface area contributed by atoms with Gasteiger partial charge >= 0.3 is 6.09 Å². The number of carbonyl (C=O) groups excluding carboxylic acids is 3. The highest BCUT2D eigenvalue weighted by molar-refractivity contribution is 6.02. The number of benzene rings is 3. The molecule has 13 nitrogen and oxygen atoms in total. The Morgan fingerprint density at radius 1 is 1.11 bits per heavy atom. The maximum atomic E-state index is 14.2. The van der Waals surface area contributed by atoms with Gasteiger partial charge in [-0.05, 0) is 57.2 Å². The quantitative estimate of drug-likeness (QED) is 0.268. The van der Waals surface area contributed by atoms with Gasteiger partial charge in [-0.3, -0.25) is 19.3 Å². The highest BCUT2D eigenvalue weighted by Gasteiger charge is 2.39. The third-order valence-corrected chi connectivity index (χ3v) is 7.95. The smallest absolute Gasteiger partial charge is 0.407 e. The summed E-state index contributed by atoms with van der Waals surface area (Å²) in [5, 5.41) is 30.4. The van der Waals surface area contributed by atoms with Crippen LogP contribution in [0, 0.1) is 11.3 Å². The highest BCUT2D eigenvalue weighted by Crippen LogP contribution is 2.35. The Balaban J connectivity index is 1.56. The maximum Gasteiger partial charge on any atom is 0.407 e. The fourth-order valence-corrected chi connectivity index (χ4v) is 5.29. The van der Waals surface area contributed by atoms with E-state index in [2.05, 4.69) is 16.7 Å². The van der Waals surface area contributed by atoms with E-state index in [4.69, 9.17) is 9.84 Å². The molecule has 1 aliphatic rings. The molecule has 4 amide bonds. The first-order chi connectivity index (χ1) is 22.0. The molecule has 0 aliphatic carbocycles. The number of likely N-dealkylation sites (N-methyl/N-ethyl adjacent to an activating group) is 1. The molecule has 0 spiro atoms. The van der Waals surface area contributed by atoms with Gasteiger partial charge in [-0.1, -0.05) is 30.3 Å². The lowest BCUT2D eigenvalue weighted by Crippen LogP contribution is -2.57. The number of rotatable bonds is 8. The molecule has 0 fully saturated rings. The molecule has 46 heavy (non-hydrogen) atoms. The summed E-state index contributed by atoms with van der Waals surface area (Å²) in [6.07, 6.45) is -2.07. The van der Waals surface area contributed by atoms with Crippen LogP contribution in [0.3, 0.4) is 0 Å². The Labute approximate surface area is 265 Å². The van der Waals surface area contributed by atoms with Crippen LogP contribution in [0.1, 0.15) is 42.4 Å². The first-order valence-corrected chi connectivity index (χ1v) is 14.7. The summed E-state index contributed by atoms with van der Waals surface area (Å²) >= 11 is 0. The predicted molar refractivity (Wildman–Crippen MR) is 169 cm³/mol. The van der Waals surface area contributed by atoms with Crippen LogP contribution in [0.15, 0.2) is 66.7 Å². The molecule has 1 aromatic heterocycles. The number of amides is 4. The van der Waals surface area contributed by atoms with Crippen LogP contribution in [0.2, 0.25) is 0 Å². The van der Waals surface area contributed by atoms with Crippen molar-refractivity contribution in [1.82, 2.24) is 25.3 Å². The van der Waals surface area contributed by atoms with E-state index in [1.165, 1.54) is 24.9 Å². The molecule has 5 rings (SSSR count). The molecule has 0 radical (unpaired) electrons. The lowest BCUT2D eigenvalue weighted by Gasteiger charge is -2.28. The molecular formula is C33H33N7O6. The van der Waals surface area contributed by atoms with E-state index in [-0.39, 0.29) is 18.0 Å². The van der Waals surface area contributed by atoms with Crippen molar-refractivity contribution in [2.24, 2.45) is 0 Å². The van der Waals surface area contributed by atoms with Crippen molar-refractivity contribution in [3.05, 3.63) is 83.6 Å². The molecule has 2 heterocycles. The van der Waals surface area contributed by atoms with Gasteiger partial charge in [0.15, 0.2) is 0 Å². The Bertz CT molecular complexity index is 1880. The van der Waals surface area contributed by atoms with Crippen LogP contribution >= 0.6 is 0 Å². The summed E-state index contributed by atoms with van der Waals surface area (Å²) in [5.41, 5.74) is 2.69. The van der Waals surface area contributed by atoms with E-state index >= 15 is 0 Å². The fourth-order valence-electron chi connectivity index (χ4n) is 5.29. The summed E-state index contributed by atoms with van der Waals surface area (Å²) in [6.45, 7) is 5.33. The van der Waals surface area contributed by atoms with E-state index < -0.39 is 36.1 Å². The number of hydrogen-bond donors (Lipinski definition) is 3. The second-order valence-electron chi connectivity index (χ2n) is 10.8. The van der Waals surface area contributed by atoms with Crippen molar-refractivity contribution < 1.29 is 29.0 Å². The molecule has 0 bridgehead atoms. The summed E-state index contributed by atoms with van der Waals surface area (Å²) in [6, 6.07) is 19.1. The molecule has 0 saturated heterocycles. The molecule has 236 valence electrons. The van der Waals surface area contributed by atoms with E-state index in [0.717, 1.165) is 10.3 Å². The van der Waals surface area contributed by atoms with E-state index in [0.29, 0.717) is 40.4 Å². The van der Waals surface area contributed by atoms with E-state index in [1.807, 2.05) is 31.2 Å². The van der Waals surface area contributed by atoms with Crippen molar-refractivity contribution in [3.8, 4) is 17.5 Å². The first kappa shape index (κ1) is 31.5. The van der Waals surface area contributed by atoms with Crippen LogP contribution in [-0.4, -0.2) is 75.4 Å². The minimum atomic E-state index is -1.28. The monoisotopic (exact) mass is 623 g/mol. The van der Waals surface area contributed by atoms with Crippen molar-refractivity contribution in [3.63, 3.8) is 0 Å². The normalized spacial score (nSPS) is 16.4. The number of nitriles is 1. The zero-order valence-corrected chi connectivity index (χ0v) is 25.7. The SMILES string of the molecule is CCNC(=O)c1ccc(-n2nc(CN3C(=O)[C@@H](NC(=O)[C@H](C)N(C)C(=O)O)[C@H](C)Oc4ccccc43)c3ccccc32)c(C#N)c1. The lowest BCUT2D eigenvalue weighted by molar-refractivity contribution is -0.131. The van der Waals surface area contributed by atoms with Crippen molar-refractivity contribution in [2.45, 2.75) is 45.5 Å². The van der Waals surface area contributed by atoms with Gasteiger partial charge < -0.3 is 25.4 Å². The average Bonchev–Trinajstić information content (AvgIpc) is 3.38. The van der Waals surface area contributed by atoms with Crippen molar-refractivity contribution in [2.75, 3.05) is 18.5 Å². The summed E-state index contributed by atoms with van der Waals surface area (Å²) in [7, 11) is 1.27. The van der Waals surface area contributed by atoms with Crippen molar-refractivity contribution in [1.29, 1.82) is 5.26 Å². The molecule has 0 saturated carbocycles. The zero-order chi connectivity index (χ0) is 33.1. The third-order valence-electron chi connectivity index (χ3n) is 7.95. The number of anilines is 1. The number of carboxylic acid groups (broad SMARTS) is 1. The third kappa shape index (κ3) is 5.92. The van der Waals surface area contributed by atoms with Crippen LogP contribution in [-0.2, 0) is 16.1 Å². The molecule has 4 aromatic rings. The van der Waals surface area contributed by atoms with Crippen LogP contribution < -0.4 is 20.3 Å². The van der Waals surface area contributed by atoms with E-state index in [9.17, 15) is 29.5 Å². The predicted octanol–water partition coefficient (Wildman–Crippen LogP) is 3.44. The van der Waals surface area contributed by atoms with E-state index in [1.54, 1.807) is 48.0 Å². The topological polar surface area (TPSA) is 170 Å². The van der Waals surface area contributed by atoms with Gasteiger partial charge in [0, 0.05) is 24.5 Å². The molecule has 13 heteroatoms. The van der Waals surface area contributed by atoms with Crippen molar-refractivity contribution >= 4 is 40.4 Å². The van der Waals surface area contributed by atoms with Crippen LogP contribution in [0.5, 0.6) is 5.75 Å². The fraction of sp³-hybridized carbons (Fsp3) is 0.273. The van der Waals surface area contributed by atoms with Crippen LogP contribution in [0.4, 0.5) is 10.5 Å². The standard InChI is InChI=1S/C33H33N7O6/c1-5-35-31(42)21-14-15-25(22(16-21)17-34)40-26-11-7-6-10-23(26)24(37-40)18-39-27-12-8-9-13-28(27)46-20(3)29(32(39)43)36-30(41)19(2)38(4)33(44)45/h6-16,19-20,29H,5,18H2,1-4H3,(H,35,42)(H,36,41)(H,44,45)/t19-,20-,29-/m0/s1. The molecule has 3 aromatic carbocycles. The molecule has 3 N–H and O–H groups in total.